The van der Waals surface area contributed by atoms with Crippen molar-refractivity contribution in [1.29, 1.82) is 0 Å². The molecule has 4 rings (SSSR count). The molecule has 0 aliphatic rings. The van der Waals surface area contributed by atoms with Gasteiger partial charge in [-0.15, -0.1) is 4.73 Å². The van der Waals surface area contributed by atoms with E-state index in [4.69, 9.17) is 4.74 Å². The largest absolute Gasteiger partial charge is 0.481 e. The van der Waals surface area contributed by atoms with Gasteiger partial charge in [-0.05, 0) is 41.5 Å². The lowest BCUT2D eigenvalue weighted by atomic mass is 10.1. The predicted octanol–water partition coefficient (Wildman–Crippen LogP) is 2.84. The van der Waals surface area contributed by atoms with Crippen LogP contribution in [0.15, 0.2) is 65.7 Å². The highest BCUT2D eigenvalue weighted by Crippen LogP contribution is 2.26. The van der Waals surface area contributed by atoms with Crippen molar-refractivity contribution in [2.75, 3.05) is 12.4 Å². The van der Waals surface area contributed by atoms with Crippen molar-refractivity contribution in [1.82, 2.24) is 19.7 Å². The third-order valence-electron chi connectivity index (χ3n) is 4.06. The molecule has 27 heavy (non-hydrogen) atoms. The number of ether oxygens (including phenoxy) is 1. The molecule has 134 valence electrons. The second kappa shape index (κ2) is 6.75. The number of hydrogen-bond acceptors (Lipinski definition) is 7. The zero-order valence-electron chi connectivity index (χ0n) is 14.3. The van der Waals surface area contributed by atoms with Crippen LogP contribution in [0.5, 0.6) is 5.88 Å². The van der Waals surface area contributed by atoms with Crippen molar-refractivity contribution in [3.8, 4) is 17.0 Å². The van der Waals surface area contributed by atoms with Crippen LogP contribution >= 0.6 is 0 Å². The Kier molecular flexibility index (Phi) is 4.13. The summed E-state index contributed by atoms with van der Waals surface area (Å²) in [5.41, 5.74) is 2.05. The molecule has 0 aliphatic heterocycles. The van der Waals surface area contributed by atoms with Crippen LogP contribution in [0.4, 0.5) is 11.5 Å². The molecule has 0 aliphatic carbocycles. The Morgan fingerprint density at radius 3 is 2.63 bits per heavy atom. The highest BCUT2D eigenvalue weighted by molar-refractivity contribution is 5.88. The number of methoxy groups -OCH3 is 1. The Balaban J connectivity index is 1.67. The Hall–Kier alpha value is -3.94. The number of fused-ring (bicyclic) bond motifs is 1. The van der Waals surface area contributed by atoms with Crippen molar-refractivity contribution in [2.24, 2.45) is 0 Å². The summed E-state index contributed by atoms with van der Waals surface area (Å²) in [5.74, 6) is 0.870. The number of rotatable bonds is 4. The van der Waals surface area contributed by atoms with Crippen molar-refractivity contribution in [3.63, 3.8) is 0 Å². The van der Waals surface area contributed by atoms with E-state index in [1.54, 1.807) is 25.4 Å². The van der Waals surface area contributed by atoms with Crippen molar-refractivity contribution in [3.05, 3.63) is 71.4 Å². The molecule has 0 unspecified atom stereocenters. The minimum absolute atomic E-state index is 0.139. The van der Waals surface area contributed by atoms with Crippen molar-refractivity contribution < 1.29 is 9.94 Å². The summed E-state index contributed by atoms with van der Waals surface area (Å²) in [6, 6.07) is 14.8. The van der Waals surface area contributed by atoms with E-state index in [0.717, 1.165) is 16.8 Å². The minimum Gasteiger partial charge on any atom is -0.481 e. The molecule has 1 aromatic carbocycles. The van der Waals surface area contributed by atoms with Gasteiger partial charge in [-0.25, -0.2) is 14.8 Å². The Morgan fingerprint density at radius 1 is 1.04 bits per heavy atom. The molecule has 0 saturated carbocycles. The number of benzene rings is 1. The van der Waals surface area contributed by atoms with Crippen LogP contribution < -0.4 is 15.7 Å². The molecule has 8 nitrogen and oxygen atoms in total. The van der Waals surface area contributed by atoms with Gasteiger partial charge < -0.3 is 15.3 Å². The fraction of sp³-hybridized carbons (Fsp3) is 0.0526. The molecule has 0 saturated heterocycles. The number of pyridine rings is 2. The van der Waals surface area contributed by atoms with Crippen LogP contribution in [0.25, 0.3) is 22.2 Å². The second-order valence-electron chi connectivity index (χ2n) is 5.72. The molecular formula is C19H15N5O3. The summed E-state index contributed by atoms with van der Waals surface area (Å²) in [5, 5.41) is 13.4. The molecule has 0 radical (unpaired) electrons. The molecule has 0 bridgehead atoms. The van der Waals surface area contributed by atoms with Gasteiger partial charge in [0.25, 0.3) is 0 Å². The number of nitrogens with zero attached hydrogens (tertiary/aromatic N) is 4. The van der Waals surface area contributed by atoms with Gasteiger partial charge in [0, 0.05) is 24.1 Å². The first-order valence-electron chi connectivity index (χ1n) is 8.10. The first-order chi connectivity index (χ1) is 13.2. The van der Waals surface area contributed by atoms with E-state index in [2.05, 4.69) is 20.3 Å². The zero-order valence-corrected chi connectivity index (χ0v) is 14.3. The van der Waals surface area contributed by atoms with Gasteiger partial charge in [-0.2, -0.15) is 4.98 Å². The lowest BCUT2D eigenvalue weighted by molar-refractivity contribution is 0.182. The maximum Gasteiger partial charge on any atom is 0.384 e. The van der Waals surface area contributed by atoms with Crippen LogP contribution in [-0.2, 0) is 0 Å². The fourth-order valence-corrected chi connectivity index (χ4v) is 2.72. The summed E-state index contributed by atoms with van der Waals surface area (Å²) >= 11 is 0. The average Bonchev–Trinajstić information content (AvgIpc) is 2.72. The topological polar surface area (TPSA) is 102 Å². The van der Waals surface area contributed by atoms with Crippen LogP contribution in [0.2, 0.25) is 0 Å². The molecule has 0 amide bonds. The second-order valence-corrected chi connectivity index (χ2v) is 5.72. The lowest BCUT2D eigenvalue weighted by Gasteiger charge is -2.10. The monoisotopic (exact) mass is 361 g/mol. The quantitative estimate of drug-likeness (QED) is 0.539. The van der Waals surface area contributed by atoms with Crippen LogP contribution in [0.3, 0.4) is 0 Å². The molecule has 0 fully saturated rings. The van der Waals surface area contributed by atoms with E-state index in [-0.39, 0.29) is 5.65 Å². The lowest BCUT2D eigenvalue weighted by Crippen LogP contribution is -2.23. The molecule has 3 heterocycles. The van der Waals surface area contributed by atoms with E-state index in [1.165, 1.54) is 6.20 Å². The van der Waals surface area contributed by atoms with Gasteiger partial charge in [-0.1, -0.05) is 12.1 Å². The van der Waals surface area contributed by atoms with E-state index in [0.29, 0.717) is 21.8 Å². The van der Waals surface area contributed by atoms with Gasteiger partial charge in [0.05, 0.1) is 12.5 Å². The number of nitrogens with one attached hydrogen (secondary N) is 1. The summed E-state index contributed by atoms with van der Waals surface area (Å²) < 4.78 is 5.58. The maximum absolute atomic E-state index is 11.8. The third kappa shape index (κ3) is 3.15. The first kappa shape index (κ1) is 16.5. The van der Waals surface area contributed by atoms with Gasteiger partial charge in [0.2, 0.25) is 5.88 Å². The van der Waals surface area contributed by atoms with E-state index in [1.807, 2.05) is 36.4 Å². The summed E-state index contributed by atoms with van der Waals surface area (Å²) in [7, 11) is 1.57. The average molecular weight is 361 g/mol. The molecule has 4 aromatic rings. The van der Waals surface area contributed by atoms with Gasteiger partial charge >= 0.3 is 5.69 Å². The van der Waals surface area contributed by atoms with Crippen molar-refractivity contribution in [2.45, 2.75) is 0 Å². The van der Waals surface area contributed by atoms with E-state index in [9.17, 15) is 10.0 Å². The molecular weight excluding hydrogens is 346 g/mol. The molecule has 8 heteroatoms. The van der Waals surface area contributed by atoms with Gasteiger partial charge in [-0.3, -0.25) is 0 Å². The Morgan fingerprint density at radius 2 is 1.85 bits per heavy atom. The standard InChI is InChI=1S/C19H15N5O3/c1-27-16-11-13(8-10-20-16)12-4-6-14(7-5-12)22-17-15-3-2-9-21-18(15)24(26)19(25)23-17/h2-11,26H,1H3,(H,22,23,25). The number of hydrogen-bond donors (Lipinski definition) is 2. The smallest absolute Gasteiger partial charge is 0.384 e. The summed E-state index contributed by atoms with van der Waals surface area (Å²) in [4.78, 5) is 23.9. The molecule has 0 atom stereocenters. The molecule has 2 N–H and O–H groups in total. The number of anilines is 2. The SMILES string of the molecule is COc1cc(-c2ccc(Nc3nc(=O)n(O)c4ncccc34)cc2)ccn1. The summed E-state index contributed by atoms with van der Waals surface area (Å²) in [6.07, 6.45) is 3.18. The van der Waals surface area contributed by atoms with Gasteiger partial charge in [0.1, 0.15) is 5.82 Å². The Bertz CT molecular complexity index is 1170. The van der Waals surface area contributed by atoms with Gasteiger partial charge in [0.15, 0.2) is 5.65 Å². The predicted molar refractivity (Wildman–Crippen MR) is 100 cm³/mol. The highest BCUT2D eigenvalue weighted by atomic mass is 16.5. The fourth-order valence-electron chi connectivity index (χ4n) is 2.72. The highest BCUT2D eigenvalue weighted by Gasteiger charge is 2.11. The van der Waals surface area contributed by atoms with Crippen LogP contribution in [0.1, 0.15) is 0 Å². The Labute approximate surface area is 153 Å². The van der Waals surface area contributed by atoms with Crippen LogP contribution in [-0.4, -0.2) is 32.0 Å². The molecule has 0 spiro atoms. The van der Waals surface area contributed by atoms with Crippen LogP contribution in [0, 0.1) is 0 Å². The number of aromatic nitrogens is 4. The molecule has 3 aromatic heterocycles. The third-order valence-corrected chi connectivity index (χ3v) is 4.06. The normalized spacial score (nSPS) is 10.7. The van der Waals surface area contributed by atoms with E-state index >= 15 is 0 Å². The van der Waals surface area contributed by atoms with Crippen molar-refractivity contribution >= 4 is 22.5 Å². The maximum atomic E-state index is 11.8. The van der Waals surface area contributed by atoms with E-state index < -0.39 is 5.69 Å². The summed E-state index contributed by atoms with van der Waals surface area (Å²) in [6.45, 7) is 0. The minimum atomic E-state index is -0.802. The zero-order chi connectivity index (χ0) is 18.8. The first-order valence-corrected chi connectivity index (χ1v) is 8.10.